The van der Waals surface area contributed by atoms with Gasteiger partial charge in [-0.05, 0) is 56.2 Å². The number of hydrogen-bond donors (Lipinski definition) is 1. The molecule has 1 saturated heterocycles. The van der Waals surface area contributed by atoms with E-state index in [1.807, 2.05) is 0 Å². The second-order valence-electron chi connectivity index (χ2n) is 6.87. The highest BCUT2D eigenvalue weighted by Gasteiger charge is 2.33. The molecule has 154 valence electrons. The van der Waals surface area contributed by atoms with Crippen LogP contribution in [0, 0.1) is 12.8 Å². The van der Waals surface area contributed by atoms with Gasteiger partial charge >= 0.3 is 5.97 Å². The summed E-state index contributed by atoms with van der Waals surface area (Å²) >= 11 is 0. The average molecular weight is 417 g/mol. The van der Waals surface area contributed by atoms with Gasteiger partial charge in [0.1, 0.15) is 5.69 Å². The predicted octanol–water partition coefficient (Wildman–Crippen LogP) is 2.22. The number of pyridine rings is 1. The van der Waals surface area contributed by atoms with Crippen molar-refractivity contribution in [1.29, 1.82) is 0 Å². The number of esters is 1. The number of nitrogens with one attached hydrogen (secondary N) is 1. The average Bonchev–Trinajstić information content (AvgIpc) is 2.73. The summed E-state index contributed by atoms with van der Waals surface area (Å²) in [6, 6.07) is 11.1. The van der Waals surface area contributed by atoms with Crippen molar-refractivity contribution in [3.05, 3.63) is 53.9 Å². The first-order valence-corrected chi connectivity index (χ1v) is 10.7. The molecule has 9 heteroatoms. The van der Waals surface area contributed by atoms with Gasteiger partial charge < -0.3 is 10.1 Å². The Morgan fingerprint density at radius 3 is 2.55 bits per heavy atom. The predicted molar refractivity (Wildman–Crippen MR) is 107 cm³/mol. The van der Waals surface area contributed by atoms with Gasteiger partial charge in [-0.15, -0.1) is 0 Å². The van der Waals surface area contributed by atoms with Crippen molar-refractivity contribution < 1.29 is 22.7 Å². The molecule has 8 nitrogen and oxygen atoms in total. The van der Waals surface area contributed by atoms with Crippen LogP contribution in [0.2, 0.25) is 0 Å². The number of carbonyl (C=O) groups is 2. The molecule has 2 aromatic rings. The van der Waals surface area contributed by atoms with Gasteiger partial charge in [-0.1, -0.05) is 6.07 Å². The maximum atomic E-state index is 12.9. The van der Waals surface area contributed by atoms with Crippen molar-refractivity contribution in [3.8, 4) is 0 Å². The van der Waals surface area contributed by atoms with E-state index < -0.39 is 21.9 Å². The third-order valence-corrected chi connectivity index (χ3v) is 6.67. The van der Waals surface area contributed by atoms with Crippen LogP contribution < -0.4 is 5.32 Å². The molecule has 1 N–H and O–H groups in total. The fourth-order valence-electron chi connectivity index (χ4n) is 3.24. The van der Waals surface area contributed by atoms with Crippen molar-refractivity contribution in [2.75, 3.05) is 25.5 Å². The molecule has 3 rings (SSSR count). The second kappa shape index (κ2) is 8.71. The van der Waals surface area contributed by atoms with E-state index in [1.54, 1.807) is 25.1 Å². The Hall–Kier alpha value is -2.78. The first kappa shape index (κ1) is 20.9. The van der Waals surface area contributed by atoms with Crippen LogP contribution in [0.5, 0.6) is 0 Å². The van der Waals surface area contributed by atoms with Gasteiger partial charge in [-0.2, -0.15) is 4.31 Å². The molecule has 29 heavy (non-hydrogen) atoms. The highest BCUT2D eigenvalue weighted by Crippen LogP contribution is 2.25. The van der Waals surface area contributed by atoms with E-state index in [0.717, 1.165) is 5.69 Å². The Balaban J connectivity index is 1.71. The van der Waals surface area contributed by atoms with Crippen LogP contribution in [0.15, 0.2) is 47.4 Å². The summed E-state index contributed by atoms with van der Waals surface area (Å²) in [5.41, 5.74) is 1.47. The van der Waals surface area contributed by atoms with Gasteiger partial charge in [0.05, 0.1) is 17.9 Å². The SMILES string of the molecule is COC(=O)[C@H]1CCCN(S(=O)(=O)c2ccc(NC(=O)c3cccc(C)n3)cc2)C1. The molecule has 1 aromatic heterocycles. The van der Waals surface area contributed by atoms with Crippen LogP contribution in [-0.2, 0) is 19.6 Å². The molecule has 0 unspecified atom stereocenters. The summed E-state index contributed by atoms with van der Waals surface area (Å²) in [5, 5.41) is 2.70. The molecule has 1 aliphatic rings. The van der Waals surface area contributed by atoms with Crippen LogP contribution >= 0.6 is 0 Å². The van der Waals surface area contributed by atoms with Crippen LogP contribution in [0.3, 0.4) is 0 Å². The number of carbonyl (C=O) groups excluding carboxylic acids is 2. The molecule has 0 bridgehead atoms. The van der Waals surface area contributed by atoms with E-state index >= 15 is 0 Å². The van der Waals surface area contributed by atoms with Crippen LogP contribution in [-0.4, -0.2) is 49.8 Å². The minimum Gasteiger partial charge on any atom is -0.469 e. The van der Waals surface area contributed by atoms with E-state index in [2.05, 4.69) is 10.3 Å². The van der Waals surface area contributed by atoms with Crippen LogP contribution in [0.25, 0.3) is 0 Å². The molecule has 0 radical (unpaired) electrons. The van der Waals surface area contributed by atoms with E-state index in [4.69, 9.17) is 4.74 Å². The monoisotopic (exact) mass is 417 g/mol. The van der Waals surface area contributed by atoms with Crippen LogP contribution in [0.1, 0.15) is 29.0 Å². The first-order chi connectivity index (χ1) is 13.8. The van der Waals surface area contributed by atoms with Gasteiger partial charge in [0.15, 0.2) is 0 Å². The van der Waals surface area contributed by atoms with Crippen molar-refractivity contribution in [2.45, 2.75) is 24.7 Å². The van der Waals surface area contributed by atoms with Gasteiger partial charge in [0, 0.05) is 24.5 Å². The molecular formula is C20H23N3O5S. The summed E-state index contributed by atoms with van der Waals surface area (Å²) in [4.78, 5) is 28.3. The van der Waals surface area contributed by atoms with E-state index in [-0.39, 0.29) is 23.0 Å². The molecule has 1 aromatic carbocycles. The summed E-state index contributed by atoms with van der Waals surface area (Å²) in [7, 11) is -2.44. The molecule has 1 atom stereocenters. The van der Waals surface area contributed by atoms with Crippen molar-refractivity contribution in [3.63, 3.8) is 0 Å². The van der Waals surface area contributed by atoms with Crippen LogP contribution in [0.4, 0.5) is 5.69 Å². The number of benzene rings is 1. The number of sulfonamides is 1. The summed E-state index contributed by atoms with van der Waals surface area (Å²) in [5.74, 6) is -1.22. The number of aromatic nitrogens is 1. The smallest absolute Gasteiger partial charge is 0.309 e. The Labute approximate surface area is 169 Å². The zero-order chi connectivity index (χ0) is 21.0. The molecule has 1 aliphatic heterocycles. The molecular weight excluding hydrogens is 394 g/mol. The number of methoxy groups -OCH3 is 1. The fraction of sp³-hybridized carbons (Fsp3) is 0.350. The van der Waals surface area contributed by atoms with Gasteiger partial charge in [0.2, 0.25) is 10.0 Å². The molecule has 0 saturated carbocycles. The standard InChI is InChI=1S/C20H23N3O5S/c1-14-5-3-7-18(21-14)19(24)22-16-8-10-17(11-9-16)29(26,27)23-12-4-6-15(13-23)20(25)28-2/h3,5,7-11,15H,4,6,12-13H2,1-2H3,(H,22,24)/t15-/m0/s1. The summed E-state index contributed by atoms with van der Waals surface area (Å²) < 4.78 is 31.9. The summed E-state index contributed by atoms with van der Waals surface area (Å²) in [6.45, 7) is 2.25. The third-order valence-electron chi connectivity index (χ3n) is 4.79. The van der Waals surface area contributed by atoms with E-state index in [0.29, 0.717) is 25.1 Å². The van der Waals surface area contributed by atoms with Crippen molar-refractivity contribution >= 4 is 27.6 Å². The van der Waals surface area contributed by atoms with Crippen molar-refractivity contribution in [2.24, 2.45) is 5.92 Å². The maximum absolute atomic E-state index is 12.9. The molecule has 0 aliphatic carbocycles. The van der Waals surface area contributed by atoms with Crippen molar-refractivity contribution in [1.82, 2.24) is 9.29 Å². The quantitative estimate of drug-likeness (QED) is 0.748. The molecule has 1 amide bonds. The number of amides is 1. The molecule has 1 fully saturated rings. The Morgan fingerprint density at radius 2 is 1.90 bits per heavy atom. The third kappa shape index (κ3) is 4.80. The number of piperidine rings is 1. The van der Waals surface area contributed by atoms with Gasteiger partial charge in [0.25, 0.3) is 5.91 Å². The Bertz CT molecular complexity index is 1010. The zero-order valence-corrected chi connectivity index (χ0v) is 17.1. The maximum Gasteiger partial charge on any atom is 0.309 e. The zero-order valence-electron chi connectivity index (χ0n) is 16.3. The number of nitrogens with zero attached hydrogens (tertiary/aromatic N) is 2. The number of aryl methyl sites for hydroxylation is 1. The number of ether oxygens (including phenoxy) is 1. The van der Waals surface area contributed by atoms with E-state index in [1.165, 1.54) is 35.7 Å². The topological polar surface area (TPSA) is 106 Å². The van der Waals surface area contributed by atoms with E-state index in [9.17, 15) is 18.0 Å². The highest BCUT2D eigenvalue weighted by molar-refractivity contribution is 7.89. The van der Waals surface area contributed by atoms with Gasteiger partial charge in [-0.3, -0.25) is 9.59 Å². The minimum absolute atomic E-state index is 0.104. The Morgan fingerprint density at radius 1 is 1.17 bits per heavy atom. The highest BCUT2D eigenvalue weighted by atomic mass is 32.2. The Kier molecular flexibility index (Phi) is 6.29. The fourth-order valence-corrected chi connectivity index (χ4v) is 4.77. The van der Waals surface area contributed by atoms with Gasteiger partial charge in [-0.25, -0.2) is 13.4 Å². The molecule has 0 spiro atoms. The minimum atomic E-state index is -3.74. The second-order valence-corrected chi connectivity index (χ2v) is 8.81. The summed E-state index contributed by atoms with van der Waals surface area (Å²) in [6.07, 6.45) is 1.20. The number of rotatable bonds is 5. The lowest BCUT2D eigenvalue weighted by molar-refractivity contribution is -0.146. The largest absolute Gasteiger partial charge is 0.469 e. The molecule has 2 heterocycles. The number of hydrogen-bond acceptors (Lipinski definition) is 6. The normalized spacial score (nSPS) is 17.5. The lowest BCUT2D eigenvalue weighted by Crippen LogP contribution is -2.42. The lowest BCUT2D eigenvalue weighted by atomic mass is 10.0. The first-order valence-electron chi connectivity index (χ1n) is 9.24. The lowest BCUT2D eigenvalue weighted by Gasteiger charge is -2.30. The number of anilines is 1.